The summed E-state index contributed by atoms with van der Waals surface area (Å²) in [5.41, 5.74) is -1.08. The Morgan fingerprint density at radius 1 is 1.46 bits per heavy atom. The van der Waals surface area contributed by atoms with Gasteiger partial charge in [-0.3, -0.25) is 9.59 Å². The van der Waals surface area contributed by atoms with E-state index in [4.69, 9.17) is 4.74 Å². The van der Waals surface area contributed by atoms with Crippen molar-refractivity contribution in [1.29, 1.82) is 0 Å². The van der Waals surface area contributed by atoms with E-state index in [1.807, 2.05) is 0 Å². The largest absolute Gasteiger partial charge is 0.458 e. The molecule has 1 atom stereocenters. The number of hydrogen-bond acceptors (Lipinski definition) is 5. The van der Waals surface area contributed by atoms with E-state index in [9.17, 15) is 22.8 Å². The average molecular weight is 346 g/mol. The molecular formula is C14H17F3N4O3. The Hall–Kier alpha value is -2.39. The van der Waals surface area contributed by atoms with Gasteiger partial charge >= 0.3 is 12.2 Å². The standard InChI is InChI=1S/C14H17F3N4O3/c1-9(22)19-7-12(23)21-6-2-3-10(8-21)24-13-18-5-4-11(20-13)14(15,16)17/h4-5,10H,2-3,6-8H2,1H3,(H,19,22). The molecule has 2 rings (SSSR count). The lowest BCUT2D eigenvalue weighted by Crippen LogP contribution is -2.47. The monoisotopic (exact) mass is 346 g/mol. The summed E-state index contributed by atoms with van der Waals surface area (Å²) < 4.78 is 43.3. The zero-order valence-corrected chi connectivity index (χ0v) is 13.0. The number of carbonyl (C=O) groups is 2. The van der Waals surface area contributed by atoms with Gasteiger partial charge in [0.25, 0.3) is 0 Å². The molecule has 0 radical (unpaired) electrons. The summed E-state index contributed by atoms with van der Waals surface area (Å²) in [5.74, 6) is -0.589. The van der Waals surface area contributed by atoms with Gasteiger partial charge in [0.2, 0.25) is 11.8 Å². The molecule has 0 bridgehead atoms. The SMILES string of the molecule is CC(=O)NCC(=O)N1CCCC(Oc2nccc(C(F)(F)F)n2)C1. The first-order chi connectivity index (χ1) is 11.3. The summed E-state index contributed by atoms with van der Waals surface area (Å²) in [6, 6.07) is 0.391. The third-order valence-corrected chi connectivity index (χ3v) is 3.42. The quantitative estimate of drug-likeness (QED) is 0.879. The van der Waals surface area contributed by atoms with Crippen LogP contribution in [0.2, 0.25) is 0 Å². The van der Waals surface area contributed by atoms with Gasteiger partial charge in [-0.1, -0.05) is 0 Å². The highest BCUT2D eigenvalue weighted by Gasteiger charge is 2.33. The van der Waals surface area contributed by atoms with E-state index in [1.54, 1.807) is 0 Å². The van der Waals surface area contributed by atoms with Crippen LogP contribution in [0.3, 0.4) is 0 Å². The molecule has 0 spiro atoms. The number of aromatic nitrogens is 2. The van der Waals surface area contributed by atoms with Gasteiger partial charge < -0.3 is 15.0 Å². The Kier molecular flexibility index (Phi) is 5.58. The van der Waals surface area contributed by atoms with Gasteiger partial charge in [0.1, 0.15) is 6.10 Å². The van der Waals surface area contributed by atoms with Gasteiger partial charge in [-0.15, -0.1) is 0 Å². The van der Waals surface area contributed by atoms with Gasteiger partial charge in [0.15, 0.2) is 5.69 Å². The first kappa shape index (κ1) is 18.0. The Balaban J connectivity index is 1.95. The number of amides is 2. The molecule has 1 aromatic heterocycles. The summed E-state index contributed by atoms with van der Waals surface area (Å²) in [5, 5.41) is 2.41. The van der Waals surface area contributed by atoms with E-state index in [0.29, 0.717) is 19.4 Å². The number of nitrogens with one attached hydrogen (secondary N) is 1. The molecule has 1 unspecified atom stereocenters. The maximum absolute atomic E-state index is 12.6. The molecular weight excluding hydrogens is 329 g/mol. The number of carbonyl (C=O) groups excluding carboxylic acids is 2. The van der Waals surface area contributed by atoms with Crippen molar-refractivity contribution in [3.05, 3.63) is 18.0 Å². The van der Waals surface area contributed by atoms with Crippen LogP contribution in [-0.2, 0) is 15.8 Å². The molecule has 10 heteroatoms. The summed E-state index contributed by atoms with van der Waals surface area (Å²) in [6.45, 7) is 1.89. The molecule has 2 amide bonds. The Labute approximate surface area is 136 Å². The van der Waals surface area contributed by atoms with Gasteiger partial charge in [-0.25, -0.2) is 4.98 Å². The van der Waals surface area contributed by atoms with Crippen molar-refractivity contribution >= 4 is 11.8 Å². The highest BCUT2D eigenvalue weighted by atomic mass is 19.4. The van der Waals surface area contributed by atoms with Crippen LogP contribution >= 0.6 is 0 Å². The number of alkyl halides is 3. The summed E-state index contributed by atoms with van der Waals surface area (Å²) in [6.07, 6.45) is -2.89. The molecule has 1 aliphatic rings. The first-order valence-corrected chi connectivity index (χ1v) is 7.35. The number of halogens is 3. The van der Waals surface area contributed by atoms with Gasteiger partial charge in [-0.05, 0) is 18.9 Å². The number of nitrogens with zero attached hydrogens (tertiary/aromatic N) is 3. The van der Waals surface area contributed by atoms with Crippen molar-refractivity contribution in [2.45, 2.75) is 32.0 Å². The van der Waals surface area contributed by atoms with Crippen LogP contribution in [0, 0.1) is 0 Å². The second-order valence-corrected chi connectivity index (χ2v) is 5.35. The molecule has 0 aromatic carbocycles. The zero-order chi connectivity index (χ0) is 17.7. The van der Waals surface area contributed by atoms with Crippen molar-refractivity contribution in [2.75, 3.05) is 19.6 Å². The van der Waals surface area contributed by atoms with E-state index in [1.165, 1.54) is 11.8 Å². The topological polar surface area (TPSA) is 84.4 Å². The fourth-order valence-corrected chi connectivity index (χ4v) is 2.28. The van der Waals surface area contributed by atoms with Crippen LogP contribution in [0.4, 0.5) is 13.2 Å². The predicted molar refractivity (Wildman–Crippen MR) is 75.9 cm³/mol. The molecule has 132 valence electrons. The van der Waals surface area contributed by atoms with Gasteiger partial charge in [0.05, 0.1) is 13.1 Å². The molecule has 1 aromatic rings. The summed E-state index contributed by atoms with van der Waals surface area (Å²) in [7, 11) is 0. The van der Waals surface area contributed by atoms with E-state index in [2.05, 4.69) is 15.3 Å². The fourth-order valence-electron chi connectivity index (χ4n) is 2.28. The van der Waals surface area contributed by atoms with E-state index >= 15 is 0 Å². The van der Waals surface area contributed by atoms with Crippen LogP contribution in [0.15, 0.2) is 12.3 Å². The molecule has 0 saturated carbocycles. The van der Waals surface area contributed by atoms with Gasteiger partial charge in [-0.2, -0.15) is 18.2 Å². The number of likely N-dealkylation sites (tertiary alicyclic amines) is 1. The normalized spacial score (nSPS) is 18.2. The molecule has 1 aliphatic heterocycles. The van der Waals surface area contributed by atoms with Crippen molar-refractivity contribution in [3.8, 4) is 6.01 Å². The van der Waals surface area contributed by atoms with Crippen molar-refractivity contribution in [1.82, 2.24) is 20.2 Å². The molecule has 24 heavy (non-hydrogen) atoms. The second-order valence-electron chi connectivity index (χ2n) is 5.35. The van der Waals surface area contributed by atoms with Crippen LogP contribution in [0.1, 0.15) is 25.5 Å². The molecule has 1 N–H and O–H groups in total. The third kappa shape index (κ3) is 5.07. The Morgan fingerprint density at radius 2 is 2.21 bits per heavy atom. The van der Waals surface area contributed by atoms with Crippen LogP contribution in [-0.4, -0.2) is 52.4 Å². The lowest BCUT2D eigenvalue weighted by Gasteiger charge is -2.32. The smallest absolute Gasteiger partial charge is 0.433 e. The van der Waals surface area contributed by atoms with Crippen molar-refractivity contribution in [2.24, 2.45) is 0 Å². The zero-order valence-electron chi connectivity index (χ0n) is 13.0. The number of ether oxygens (including phenoxy) is 1. The highest BCUT2D eigenvalue weighted by Crippen LogP contribution is 2.28. The molecule has 1 fully saturated rings. The molecule has 0 aliphatic carbocycles. The molecule has 7 nitrogen and oxygen atoms in total. The second kappa shape index (κ2) is 7.45. The minimum absolute atomic E-state index is 0.123. The van der Waals surface area contributed by atoms with E-state index in [0.717, 1.165) is 12.3 Å². The minimum Gasteiger partial charge on any atom is -0.458 e. The van der Waals surface area contributed by atoms with Crippen molar-refractivity contribution < 1.29 is 27.5 Å². The van der Waals surface area contributed by atoms with Crippen LogP contribution in [0.5, 0.6) is 6.01 Å². The Bertz CT molecular complexity index is 609. The van der Waals surface area contributed by atoms with Crippen LogP contribution in [0.25, 0.3) is 0 Å². The fraction of sp³-hybridized carbons (Fsp3) is 0.571. The average Bonchev–Trinajstić information content (AvgIpc) is 2.52. The lowest BCUT2D eigenvalue weighted by atomic mass is 10.1. The minimum atomic E-state index is -4.58. The van der Waals surface area contributed by atoms with Crippen molar-refractivity contribution in [3.63, 3.8) is 0 Å². The number of hydrogen-bond donors (Lipinski definition) is 1. The number of piperidine rings is 1. The highest BCUT2D eigenvalue weighted by molar-refractivity contribution is 5.83. The van der Waals surface area contributed by atoms with E-state index < -0.39 is 18.0 Å². The summed E-state index contributed by atoms with van der Waals surface area (Å²) in [4.78, 5) is 31.3. The maximum atomic E-state index is 12.6. The first-order valence-electron chi connectivity index (χ1n) is 7.35. The summed E-state index contributed by atoms with van der Waals surface area (Å²) >= 11 is 0. The predicted octanol–water partition coefficient (Wildman–Crippen LogP) is 1.00. The molecule has 1 saturated heterocycles. The maximum Gasteiger partial charge on any atom is 0.433 e. The van der Waals surface area contributed by atoms with Gasteiger partial charge in [0, 0.05) is 19.7 Å². The molecule has 2 heterocycles. The third-order valence-electron chi connectivity index (χ3n) is 3.42. The van der Waals surface area contributed by atoms with Crippen LogP contribution < -0.4 is 10.1 Å². The van der Waals surface area contributed by atoms with E-state index in [-0.39, 0.29) is 30.9 Å². The Morgan fingerprint density at radius 3 is 2.88 bits per heavy atom. The lowest BCUT2D eigenvalue weighted by molar-refractivity contribution is -0.141. The number of rotatable bonds is 4.